The number of nitrogens with zero attached hydrogens (tertiary/aromatic N) is 1. The first kappa shape index (κ1) is 14.1. The third-order valence-electron chi connectivity index (χ3n) is 3.38. The Morgan fingerprint density at radius 3 is 2.76 bits per heavy atom. The van der Waals surface area contributed by atoms with Crippen LogP contribution in [0, 0.1) is 0 Å². The normalized spacial score (nSPS) is 10.9. The molecular formula is C18H18N2S. The van der Waals surface area contributed by atoms with E-state index in [4.69, 9.17) is 0 Å². The van der Waals surface area contributed by atoms with Gasteiger partial charge in [-0.1, -0.05) is 36.4 Å². The first-order chi connectivity index (χ1) is 10.4. The Morgan fingerprint density at radius 1 is 0.952 bits per heavy atom. The highest BCUT2D eigenvalue weighted by Gasteiger charge is 2.00. The topological polar surface area (TPSA) is 24.9 Å². The molecule has 3 aromatic rings. The molecule has 21 heavy (non-hydrogen) atoms. The summed E-state index contributed by atoms with van der Waals surface area (Å²) >= 11 is 1.89. The van der Waals surface area contributed by atoms with Gasteiger partial charge in [0.2, 0.25) is 0 Å². The zero-order valence-electron chi connectivity index (χ0n) is 11.8. The quantitative estimate of drug-likeness (QED) is 0.547. The van der Waals surface area contributed by atoms with E-state index in [-0.39, 0.29) is 0 Å². The number of nitrogens with one attached hydrogen (secondary N) is 1. The van der Waals surface area contributed by atoms with Crippen molar-refractivity contribution >= 4 is 22.5 Å². The molecule has 0 saturated carbocycles. The van der Waals surface area contributed by atoms with Gasteiger partial charge in [-0.15, -0.1) is 11.8 Å². The zero-order chi connectivity index (χ0) is 14.3. The zero-order valence-corrected chi connectivity index (χ0v) is 12.6. The van der Waals surface area contributed by atoms with Crippen molar-refractivity contribution in [1.82, 2.24) is 10.3 Å². The van der Waals surface area contributed by atoms with E-state index in [0.29, 0.717) is 0 Å². The van der Waals surface area contributed by atoms with Crippen LogP contribution in [0.5, 0.6) is 0 Å². The molecule has 0 aliphatic heterocycles. The highest BCUT2D eigenvalue weighted by atomic mass is 32.2. The Labute approximate surface area is 129 Å². The van der Waals surface area contributed by atoms with Crippen LogP contribution >= 0.6 is 11.8 Å². The molecule has 2 aromatic carbocycles. The van der Waals surface area contributed by atoms with Gasteiger partial charge in [-0.3, -0.25) is 4.98 Å². The summed E-state index contributed by atoms with van der Waals surface area (Å²) in [5.74, 6) is 1.08. The Hall–Kier alpha value is -1.84. The minimum Gasteiger partial charge on any atom is -0.312 e. The number of thioether (sulfide) groups is 1. The number of hydrogen-bond acceptors (Lipinski definition) is 3. The van der Waals surface area contributed by atoms with Crippen LogP contribution in [0.4, 0.5) is 0 Å². The molecule has 0 atom stereocenters. The van der Waals surface area contributed by atoms with Crippen molar-refractivity contribution in [1.29, 1.82) is 0 Å². The second-order valence-electron chi connectivity index (χ2n) is 4.85. The minimum absolute atomic E-state index is 0.900. The molecule has 0 unspecified atom stereocenters. The third-order valence-corrected chi connectivity index (χ3v) is 4.39. The molecular weight excluding hydrogens is 276 g/mol. The summed E-state index contributed by atoms with van der Waals surface area (Å²) in [6.07, 6.45) is 3.78. The van der Waals surface area contributed by atoms with Gasteiger partial charge in [0.25, 0.3) is 0 Å². The molecule has 106 valence electrons. The van der Waals surface area contributed by atoms with Crippen molar-refractivity contribution in [2.45, 2.75) is 11.4 Å². The van der Waals surface area contributed by atoms with E-state index < -0.39 is 0 Å². The van der Waals surface area contributed by atoms with E-state index >= 15 is 0 Å². The summed E-state index contributed by atoms with van der Waals surface area (Å²) < 4.78 is 0. The predicted molar refractivity (Wildman–Crippen MR) is 90.6 cm³/mol. The van der Waals surface area contributed by atoms with Crippen molar-refractivity contribution in [3.8, 4) is 0 Å². The Morgan fingerprint density at radius 2 is 1.86 bits per heavy atom. The molecule has 2 nitrogen and oxygen atoms in total. The van der Waals surface area contributed by atoms with Crippen LogP contribution in [-0.4, -0.2) is 17.3 Å². The maximum atomic E-state index is 4.17. The lowest BCUT2D eigenvalue weighted by Gasteiger charge is -2.08. The van der Waals surface area contributed by atoms with Gasteiger partial charge in [0.1, 0.15) is 0 Å². The smallest absolute Gasteiger partial charge is 0.0346 e. The molecule has 1 N–H and O–H groups in total. The van der Waals surface area contributed by atoms with E-state index in [1.54, 1.807) is 0 Å². The maximum Gasteiger partial charge on any atom is 0.0346 e. The number of aromatic nitrogens is 1. The van der Waals surface area contributed by atoms with Crippen LogP contribution < -0.4 is 5.32 Å². The summed E-state index contributed by atoms with van der Waals surface area (Å²) in [6.45, 7) is 1.90. The number of hydrogen-bond donors (Lipinski definition) is 1. The Balaban J connectivity index is 1.51. The second-order valence-corrected chi connectivity index (χ2v) is 6.02. The van der Waals surface area contributed by atoms with Crippen molar-refractivity contribution in [2.75, 3.05) is 12.3 Å². The molecule has 0 bridgehead atoms. The lowest BCUT2D eigenvalue weighted by molar-refractivity contribution is 0.736. The van der Waals surface area contributed by atoms with Gasteiger partial charge in [0.05, 0.1) is 0 Å². The van der Waals surface area contributed by atoms with Crippen LogP contribution in [0.15, 0.2) is 71.9 Å². The molecule has 0 aliphatic rings. The SMILES string of the molecule is c1ccc(SCCNCc2cccc3cnccc23)cc1. The molecule has 1 heterocycles. The fraction of sp³-hybridized carbons (Fsp3) is 0.167. The molecule has 0 radical (unpaired) electrons. The van der Waals surface area contributed by atoms with Gasteiger partial charge in [-0.05, 0) is 29.1 Å². The molecule has 0 fully saturated rings. The summed E-state index contributed by atoms with van der Waals surface area (Å²) in [4.78, 5) is 5.50. The van der Waals surface area contributed by atoms with Gasteiger partial charge < -0.3 is 5.32 Å². The van der Waals surface area contributed by atoms with Gasteiger partial charge in [-0.25, -0.2) is 0 Å². The lowest BCUT2D eigenvalue weighted by Crippen LogP contribution is -2.16. The summed E-state index contributed by atoms with van der Waals surface area (Å²) in [5, 5.41) is 6.01. The Bertz CT molecular complexity index is 692. The van der Waals surface area contributed by atoms with Crippen LogP contribution in [0.2, 0.25) is 0 Å². The summed E-state index contributed by atoms with van der Waals surface area (Å²) in [5.41, 5.74) is 1.33. The van der Waals surface area contributed by atoms with Crippen LogP contribution in [-0.2, 0) is 6.54 Å². The minimum atomic E-state index is 0.900. The van der Waals surface area contributed by atoms with E-state index in [2.05, 4.69) is 64.9 Å². The van der Waals surface area contributed by atoms with Crippen LogP contribution in [0.25, 0.3) is 10.8 Å². The standard InChI is InChI=1S/C18H18N2S/c1-2-7-17(8-3-1)21-12-11-20-14-16-6-4-5-15-13-19-10-9-18(15)16/h1-10,13,20H,11-12,14H2. The number of rotatable bonds is 6. The molecule has 0 amide bonds. The Kier molecular flexibility index (Phi) is 4.87. The highest BCUT2D eigenvalue weighted by Crippen LogP contribution is 2.18. The van der Waals surface area contributed by atoms with Crippen molar-refractivity contribution in [3.05, 3.63) is 72.6 Å². The van der Waals surface area contributed by atoms with E-state index in [9.17, 15) is 0 Å². The second kappa shape index (κ2) is 7.25. The predicted octanol–water partition coefficient (Wildman–Crippen LogP) is 4.12. The molecule has 0 aliphatic carbocycles. The first-order valence-electron chi connectivity index (χ1n) is 7.14. The van der Waals surface area contributed by atoms with Gasteiger partial charge in [-0.2, -0.15) is 0 Å². The van der Waals surface area contributed by atoms with E-state index in [0.717, 1.165) is 18.8 Å². The third kappa shape index (κ3) is 3.84. The average Bonchev–Trinajstić information content (AvgIpc) is 2.56. The van der Waals surface area contributed by atoms with Crippen molar-refractivity contribution in [3.63, 3.8) is 0 Å². The van der Waals surface area contributed by atoms with Crippen LogP contribution in [0.3, 0.4) is 0 Å². The van der Waals surface area contributed by atoms with Gasteiger partial charge in [0.15, 0.2) is 0 Å². The largest absolute Gasteiger partial charge is 0.312 e. The molecule has 3 rings (SSSR count). The fourth-order valence-corrected chi connectivity index (χ4v) is 3.16. The van der Waals surface area contributed by atoms with Gasteiger partial charge in [0, 0.05) is 41.5 Å². The molecule has 0 spiro atoms. The number of fused-ring (bicyclic) bond motifs is 1. The van der Waals surface area contributed by atoms with Crippen molar-refractivity contribution < 1.29 is 0 Å². The fourth-order valence-electron chi connectivity index (χ4n) is 2.32. The maximum absolute atomic E-state index is 4.17. The number of pyridine rings is 1. The molecule has 0 saturated heterocycles. The van der Waals surface area contributed by atoms with Gasteiger partial charge >= 0.3 is 0 Å². The monoisotopic (exact) mass is 294 g/mol. The first-order valence-corrected chi connectivity index (χ1v) is 8.12. The lowest BCUT2D eigenvalue weighted by atomic mass is 10.1. The van der Waals surface area contributed by atoms with E-state index in [1.165, 1.54) is 21.2 Å². The molecule has 1 aromatic heterocycles. The summed E-state index contributed by atoms with van der Waals surface area (Å²) in [6, 6.07) is 19.0. The highest BCUT2D eigenvalue weighted by molar-refractivity contribution is 7.99. The average molecular weight is 294 g/mol. The molecule has 3 heteroatoms. The van der Waals surface area contributed by atoms with E-state index in [1.807, 2.05) is 24.2 Å². The van der Waals surface area contributed by atoms with Crippen LogP contribution in [0.1, 0.15) is 5.56 Å². The summed E-state index contributed by atoms with van der Waals surface area (Å²) in [7, 11) is 0. The van der Waals surface area contributed by atoms with Crippen molar-refractivity contribution in [2.24, 2.45) is 0 Å². The number of benzene rings is 2.